The largest absolute Gasteiger partial charge is 0.256 e. The fourth-order valence-corrected chi connectivity index (χ4v) is 2.09. The fourth-order valence-electron chi connectivity index (χ4n) is 2.09. The molecule has 0 spiro atoms. The van der Waals surface area contributed by atoms with Gasteiger partial charge in [-0.05, 0) is 23.9 Å². The average Bonchev–Trinajstić information content (AvgIpc) is 2.29. The van der Waals surface area contributed by atoms with Gasteiger partial charge in [0.2, 0.25) is 0 Å². The van der Waals surface area contributed by atoms with Crippen LogP contribution in [0.4, 0.5) is 0 Å². The summed E-state index contributed by atoms with van der Waals surface area (Å²) in [6, 6.07) is 14.7. The van der Waals surface area contributed by atoms with E-state index in [1.165, 1.54) is 21.7 Å². The molecule has 1 nitrogen and oxygen atoms in total. The minimum Gasteiger partial charge on any atom is -0.256 e. The van der Waals surface area contributed by atoms with Crippen molar-refractivity contribution in [1.82, 2.24) is 4.98 Å². The van der Waals surface area contributed by atoms with Crippen LogP contribution >= 0.6 is 0 Å². The van der Waals surface area contributed by atoms with E-state index in [2.05, 4.69) is 48.3 Å². The van der Waals surface area contributed by atoms with E-state index in [9.17, 15) is 0 Å². The predicted octanol–water partition coefficient (Wildman–Crippen LogP) is 3.69. The van der Waals surface area contributed by atoms with Gasteiger partial charge in [0.25, 0.3) is 0 Å². The maximum Gasteiger partial charge on any atom is 0.0782 e. The summed E-state index contributed by atoms with van der Waals surface area (Å²) < 4.78 is 0. The minimum atomic E-state index is 0. The molecule has 0 aliphatic rings. The molecule has 0 atom stereocenters. The summed E-state index contributed by atoms with van der Waals surface area (Å²) in [5.41, 5.74) is 2.39. The van der Waals surface area contributed by atoms with Crippen molar-refractivity contribution < 1.29 is 20.1 Å². The smallest absolute Gasteiger partial charge is 0.0782 e. The zero-order valence-corrected chi connectivity index (χ0v) is 11.3. The molecular weight excluding hydrogens is 374 g/mol. The number of aryl methyl sites for hydroxylation is 1. The van der Waals surface area contributed by atoms with Crippen LogP contribution in [0.1, 0.15) is 5.56 Å². The topological polar surface area (TPSA) is 12.9 Å². The van der Waals surface area contributed by atoms with Gasteiger partial charge in [-0.15, -0.1) is 0 Å². The van der Waals surface area contributed by atoms with Gasteiger partial charge in [-0.25, -0.2) is 0 Å². The van der Waals surface area contributed by atoms with Crippen molar-refractivity contribution in [2.45, 2.75) is 6.92 Å². The van der Waals surface area contributed by atoms with Crippen LogP contribution in [0.25, 0.3) is 21.7 Å². The van der Waals surface area contributed by atoms with Crippen molar-refractivity contribution in [3.05, 3.63) is 54.2 Å². The number of rotatable bonds is 0. The molecular formula is C14H11IrN. The van der Waals surface area contributed by atoms with E-state index in [4.69, 9.17) is 0 Å². The summed E-state index contributed by atoms with van der Waals surface area (Å²) in [4.78, 5) is 4.47. The molecule has 0 saturated carbocycles. The monoisotopic (exact) mass is 386 g/mol. The van der Waals surface area contributed by atoms with Gasteiger partial charge in [0.1, 0.15) is 0 Å². The molecule has 0 amide bonds. The van der Waals surface area contributed by atoms with E-state index in [1.54, 1.807) is 0 Å². The quantitative estimate of drug-likeness (QED) is 0.538. The predicted molar refractivity (Wildman–Crippen MR) is 64.0 cm³/mol. The molecule has 1 radical (unpaired) electrons. The average molecular weight is 385 g/mol. The first kappa shape index (κ1) is 11.3. The molecule has 0 saturated heterocycles. The Morgan fingerprint density at radius 1 is 0.875 bits per heavy atom. The maximum atomic E-state index is 4.47. The summed E-state index contributed by atoms with van der Waals surface area (Å²) in [5, 5.41) is 3.75. The van der Waals surface area contributed by atoms with Crippen LogP contribution in [0.2, 0.25) is 0 Å². The molecule has 2 heteroatoms. The third-order valence-corrected chi connectivity index (χ3v) is 2.82. The Labute approximate surface area is 108 Å². The van der Waals surface area contributed by atoms with Crippen LogP contribution in [0.5, 0.6) is 0 Å². The van der Waals surface area contributed by atoms with E-state index < -0.39 is 0 Å². The first-order valence-electron chi connectivity index (χ1n) is 5.09. The second kappa shape index (κ2) is 4.32. The summed E-state index contributed by atoms with van der Waals surface area (Å²) in [6.45, 7) is 2.14. The fraction of sp³-hybridized carbons (Fsp3) is 0.0714. The standard InChI is InChI=1S/C14H11N.Ir/c1-10-4-2-5-11-7-8-12-6-3-9-15-14(12)13(10)11;/h2-9H,1H3;. The van der Waals surface area contributed by atoms with Crippen LogP contribution in [-0.4, -0.2) is 4.98 Å². The first-order valence-corrected chi connectivity index (χ1v) is 5.09. The van der Waals surface area contributed by atoms with Crippen molar-refractivity contribution in [2.75, 3.05) is 0 Å². The molecule has 1 aromatic heterocycles. The van der Waals surface area contributed by atoms with Crippen LogP contribution < -0.4 is 0 Å². The molecule has 0 aliphatic heterocycles. The molecule has 0 bridgehead atoms. The van der Waals surface area contributed by atoms with Gasteiger partial charge in [0, 0.05) is 37.1 Å². The summed E-state index contributed by atoms with van der Waals surface area (Å²) in [6.07, 6.45) is 1.86. The van der Waals surface area contributed by atoms with Crippen LogP contribution in [0.15, 0.2) is 48.7 Å². The normalized spacial score (nSPS) is 10.3. The van der Waals surface area contributed by atoms with Gasteiger partial charge in [-0.3, -0.25) is 4.98 Å². The van der Waals surface area contributed by atoms with Crippen LogP contribution in [0, 0.1) is 6.92 Å². The van der Waals surface area contributed by atoms with Gasteiger partial charge < -0.3 is 0 Å². The van der Waals surface area contributed by atoms with Crippen molar-refractivity contribution in [3.8, 4) is 0 Å². The second-order valence-corrected chi connectivity index (χ2v) is 3.81. The van der Waals surface area contributed by atoms with Crippen LogP contribution in [0.3, 0.4) is 0 Å². The van der Waals surface area contributed by atoms with Gasteiger partial charge >= 0.3 is 0 Å². The van der Waals surface area contributed by atoms with E-state index in [0.717, 1.165) is 5.52 Å². The van der Waals surface area contributed by atoms with E-state index in [-0.39, 0.29) is 20.1 Å². The Hall–Kier alpha value is -1.24. The zero-order valence-electron chi connectivity index (χ0n) is 8.90. The Balaban J connectivity index is 0.000000963. The Morgan fingerprint density at radius 3 is 2.50 bits per heavy atom. The number of fused-ring (bicyclic) bond motifs is 3. The van der Waals surface area contributed by atoms with E-state index in [0.29, 0.717) is 0 Å². The number of benzene rings is 2. The van der Waals surface area contributed by atoms with E-state index >= 15 is 0 Å². The van der Waals surface area contributed by atoms with Gasteiger partial charge in [-0.2, -0.15) is 0 Å². The van der Waals surface area contributed by atoms with Gasteiger partial charge in [0.05, 0.1) is 5.52 Å². The Morgan fingerprint density at radius 2 is 1.62 bits per heavy atom. The van der Waals surface area contributed by atoms with Gasteiger partial charge in [-0.1, -0.05) is 36.4 Å². The SMILES string of the molecule is Cc1cccc2ccc3cccnc3c12.[Ir]. The van der Waals surface area contributed by atoms with Crippen molar-refractivity contribution >= 4 is 21.7 Å². The van der Waals surface area contributed by atoms with Crippen molar-refractivity contribution in [3.63, 3.8) is 0 Å². The van der Waals surface area contributed by atoms with Crippen molar-refractivity contribution in [2.24, 2.45) is 0 Å². The summed E-state index contributed by atoms with van der Waals surface area (Å²) in [5.74, 6) is 0. The number of pyridine rings is 1. The summed E-state index contributed by atoms with van der Waals surface area (Å²) >= 11 is 0. The number of aromatic nitrogens is 1. The number of hydrogen-bond acceptors (Lipinski definition) is 1. The zero-order chi connectivity index (χ0) is 10.3. The third-order valence-electron chi connectivity index (χ3n) is 2.82. The number of nitrogens with zero attached hydrogens (tertiary/aromatic N) is 1. The molecule has 1 heterocycles. The van der Waals surface area contributed by atoms with Crippen molar-refractivity contribution in [1.29, 1.82) is 0 Å². The molecule has 3 aromatic rings. The molecule has 3 rings (SSSR count). The second-order valence-electron chi connectivity index (χ2n) is 3.81. The molecule has 0 N–H and O–H groups in total. The molecule has 0 unspecified atom stereocenters. The first-order chi connectivity index (χ1) is 7.36. The van der Waals surface area contributed by atoms with E-state index in [1.807, 2.05) is 12.3 Å². The molecule has 0 aliphatic carbocycles. The van der Waals surface area contributed by atoms with Crippen LogP contribution in [-0.2, 0) is 20.1 Å². The molecule has 81 valence electrons. The Kier molecular flexibility index (Phi) is 3.04. The summed E-state index contributed by atoms with van der Waals surface area (Å²) in [7, 11) is 0. The third kappa shape index (κ3) is 1.64. The molecule has 16 heavy (non-hydrogen) atoms. The van der Waals surface area contributed by atoms with Gasteiger partial charge in [0.15, 0.2) is 0 Å². The maximum absolute atomic E-state index is 4.47. The Bertz CT molecular complexity index is 646. The number of hydrogen-bond donors (Lipinski definition) is 0. The molecule has 2 aromatic carbocycles. The minimum absolute atomic E-state index is 0. The molecule has 0 fully saturated rings.